The van der Waals surface area contributed by atoms with Crippen LogP contribution in [0, 0.1) is 0 Å². The third kappa shape index (κ3) is 5.46. The minimum Gasteiger partial charge on any atom is -0.496 e. The second-order valence-corrected chi connectivity index (χ2v) is 9.99. The number of hydrogen-bond donors (Lipinski definition) is 1. The average Bonchev–Trinajstić information content (AvgIpc) is 2.86. The van der Waals surface area contributed by atoms with Gasteiger partial charge in [0.15, 0.2) is 5.75 Å². The van der Waals surface area contributed by atoms with Crippen LogP contribution in [0.2, 0.25) is 5.02 Å². The lowest BCUT2D eigenvalue weighted by Crippen LogP contribution is -2.35. The topological polar surface area (TPSA) is 84.9 Å². The van der Waals surface area contributed by atoms with E-state index in [9.17, 15) is 13.2 Å². The molecule has 1 fully saturated rings. The average molecular weight is 501 g/mol. The number of carbonyl (C=O) groups is 1. The van der Waals surface area contributed by atoms with Gasteiger partial charge in [0.05, 0.1) is 23.3 Å². The van der Waals surface area contributed by atoms with Gasteiger partial charge in [0.1, 0.15) is 11.5 Å². The predicted molar refractivity (Wildman–Crippen MR) is 132 cm³/mol. The summed E-state index contributed by atoms with van der Waals surface area (Å²) in [6, 6.07) is 17.9. The molecular weight excluding hydrogens is 476 g/mol. The molecule has 3 aromatic carbocycles. The largest absolute Gasteiger partial charge is 0.496 e. The van der Waals surface area contributed by atoms with Gasteiger partial charge in [0.2, 0.25) is 0 Å². The Labute approximate surface area is 204 Å². The molecule has 0 radical (unpaired) electrons. The van der Waals surface area contributed by atoms with Crippen molar-refractivity contribution in [2.45, 2.75) is 24.2 Å². The molecule has 1 aliphatic rings. The number of benzene rings is 3. The molecule has 9 heteroatoms. The number of methoxy groups -OCH3 is 1. The van der Waals surface area contributed by atoms with Gasteiger partial charge in [-0.25, -0.2) is 8.42 Å². The fraction of sp³-hybridized carbons (Fsp3) is 0.240. The fourth-order valence-corrected chi connectivity index (χ4v) is 5.04. The number of rotatable bonds is 7. The Balaban J connectivity index is 1.65. The van der Waals surface area contributed by atoms with Gasteiger partial charge in [-0.1, -0.05) is 29.8 Å². The van der Waals surface area contributed by atoms with E-state index in [1.807, 2.05) is 18.2 Å². The Bertz CT molecular complexity index is 1280. The van der Waals surface area contributed by atoms with E-state index in [0.29, 0.717) is 29.6 Å². The van der Waals surface area contributed by atoms with Gasteiger partial charge in [-0.15, -0.1) is 0 Å². The van der Waals surface area contributed by atoms with Crippen LogP contribution in [0.5, 0.6) is 17.2 Å². The number of carbonyl (C=O) groups excluding carboxylic acids is 1. The Morgan fingerprint density at radius 3 is 2.35 bits per heavy atom. The van der Waals surface area contributed by atoms with Crippen LogP contribution in [0.4, 0.5) is 5.69 Å². The summed E-state index contributed by atoms with van der Waals surface area (Å²) in [6.45, 7) is 1.28. The maximum absolute atomic E-state index is 13.3. The minimum absolute atomic E-state index is 0.0701. The Hall–Kier alpha value is -3.23. The van der Waals surface area contributed by atoms with Crippen LogP contribution < -0.4 is 14.2 Å². The third-order valence-electron chi connectivity index (χ3n) is 5.51. The molecular formula is C25H25ClN2O5S. The molecule has 7 nitrogen and oxygen atoms in total. The summed E-state index contributed by atoms with van der Waals surface area (Å²) in [7, 11) is -2.62. The number of likely N-dealkylation sites (tertiary alicyclic amines) is 1. The normalized spacial score (nSPS) is 13.9. The maximum atomic E-state index is 13.3. The van der Waals surface area contributed by atoms with Gasteiger partial charge in [-0.2, -0.15) is 0 Å². The van der Waals surface area contributed by atoms with E-state index in [-0.39, 0.29) is 27.8 Å². The molecule has 4 rings (SSSR count). The van der Waals surface area contributed by atoms with Gasteiger partial charge in [0.25, 0.3) is 15.9 Å². The lowest BCUT2D eigenvalue weighted by Gasteiger charge is -2.27. The first-order chi connectivity index (χ1) is 16.4. The third-order valence-corrected chi connectivity index (χ3v) is 7.11. The number of para-hydroxylation sites is 1. The lowest BCUT2D eigenvalue weighted by molar-refractivity contribution is 0.0720. The van der Waals surface area contributed by atoms with Crippen molar-refractivity contribution in [3.05, 3.63) is 77.3 Å². The van der Waals surface area contributed by atoms with Gasteiger partial charge < -0.3 is 14.4 Å². The SMILES string of the molecule is COc1ccc(S(=O)(=O)Nc2cc(Cl)ccc2Oc2ccccc2)cc1C(=O)N1CCCCC1. The fourth-order valence-electron chi connectivity index (χ4n) is 3.78. The molecule has 1 aliphatic heterocycles. The number of nitrogens with zero attached hydrogens (tertiary/aromatic N) is 1. The number of amides is 1. The molecule has 0 aliphatic carbocycles. The van der Waals surface area contributed by atoms with Crippen molar-refractivity contribution < 1.29 is 22.7 Å². The summed E-state index contributed by atoms with van der Waals surface area (Å²) in [6.07, 6.45) is 2.92. The van der Waals surface area contributed by atoms with E-state index in [2.05, 4.69) is 4.72 Å². The molecule has 0 spiro atoms. The lowest BCUT2D eigenvalue weighted by atomic mass is 10.1. The Kier molecular flexibility index (Phi) is 7.29. The first-order valence-corrected chi connectivity index (χ1v) is 12.8. The number of piperidine rings is 1. The number of ether oxygens (including phenoxy) is 2. The standard InChI is InChI=1S/C25H25ClN2O5S/c1-32-23-13-11-20(17-21(23)25(29)28-14-6-3-7-15-28)34(30,31)27-22-16-18(26)10-12-24(22)33-19-8-4-2-5-9-19/h2,4-5,8-13,16-17,27H,3,6-7,14-15H2,1H3. The zero-order chi connectivity index (χ0) is 24.1. The number of halogens is 1. The Morgan fingerprint density at radius 1 is 0.941 bits per heavy atom. The summed E-state index contributed by atoms with van der Waals surface area (Å²) in [4.78, 5) is 14.8. The molecule has 0 aromatic heterocycles. The maximum Gasteiger partial charge on any atom is 0.262 e. The molecule has 3 aromatic rings. The highest BCUT2D eigenvalue weighted by Gasteiger charge is 2.25. The number of sulfonamides is 1. The first kappa shape index (κ1) is 23.9. The van der Waals surface area contributed by atoms with Crippen molar-refractivity contribution in [2.75, 3.05) is 24.9 Å². The highest BCUT2D eigenvalue weighted by atomic mass is 35.5. The monoisotopic (exact) mass is 500 g/mol. The van der Waals surface area contributed by atoms with Crippen molar-refractivity contribution >= 4 is 33.2 Å². The molecule has 34 heavy (non-hydrogen) atoms. The highest BCUT2D eigenvalue weighted by Crippen LogP contribution is 2.34. The summed E-state index contributed by atoms with van der Waals surface area (Å²) in [5, 5.41) is 0.341. The molecule has 1 amide bonds. The van der Waals surface area contributed by atoms with E-state index < -0.39 is 10.0 Å². The Morgan fingerprint density at radius 2 is 1.65 bits per heavy atom. The van der Waals surface area contributed by atoms with Gasteiger partial charge in [-0.05, 0) is 67.8 Å². The summed E-state index contributed by atoms with van der Waals surface area (Å²) in [5.41, 5.74) is 0.384. The van der Waals surface area contributed by atoms with E-state index in [1.54, 1.807) is 29.2 Å². The highest BCUT2D eigenvalue weighted by molar-refractivity contribution is 7.92. The van der Waals surface area contributed by atoms with E-state index in [4.69, 9.17) is 21.1 Å². The molecule has 0 saturated carbocycles. The molecule has 1 heterocycles. The van der Waals surface area contributed by atoms with E-state index in [0.717, 1.165) is 19.3 Å². The van der Waals surface area contributed by atoms with Gasteiger partial charge in [0, 0.05) is 18.1 Å². The predicted octanol–water partition coefficient (Wildman–Crippen LogP) is 5.57. The van der Waals surface area contributed by atoms with Gasteiger partial charge in [-0.3, -0.25) is 9.52 Å². The second-order valence-electron chi connectivity index (χ2n) is 7.88. The van der Waals surface area contributed by atoms with Crippen molar-refractivity contribution in [1.29, 1.82) is 0 Å². The number of nitrogens with one attached hydrogen (secondary N) is 1. The minimum atomic E-state index is -4.07. The summed E-state index contributed by atoms with van der Waals surface area (Å²) in [5.74, 6) is 0.913. The smallest absolute Gasteiger partial charge is 0.262 e. The van der Waals surface area contributed by atoms with Crippen LogP contribution in [0.25, 0.3) is 0 Å². The van der Waals surface area contributed by atoms with Crippen molar-refractivity contribution in [3.8, 4) is 17.2 Å². The van der Waals surface area contributed by atoms with Crippen LogP contribution in [0.15, 0.2) is 71.6 Å². The summed E-state index contributed by atoms with van der Waals surface area (Å²) >= 11 is 6.13. The number of anilines is 1. The zero-order valence-corrected chi connectivity index (χ0v) is 20.2. The molecule has 0 bridgehead atoms. The van der Waals surface area contributed by atoms with Crippen molar-refractivity contribution in [3.63, 3.8) is 0 Å². The van der Waals surface area contributed by atoms with Gasteiger partial charge >= 0.3 is 0 Å². The zero-order valence-electron chi connectivity index (χ0n) is 18.7. The molecule has 1 N–H and O–H groups in total. The van der Waals surface area contributed by atoms with Crippen LogP contribution in [-0.2, 0) is 10.0 Å². The van der Waals surface area contributed by atoms with Crippen LogP contribution >= 0.6 is 11.6 Å². The van der Waals surface area contributed by atoms with Crippen LogP contribution in [0.1, 0.15) is 29.6 Å². The van der Waals surface area contributed by atoms with Crippen LogP contribution in [0.3, 0.4) is 0 Å². The van der Waals surface area contributed by atoms with Crippen LogP contribution in [-0.4, -0.2) is 39.4 Å². The number of hydrogen-bond acceptors (Lipinski definition) is 5. The van der Waals surface area contributed by atoms with E-state index in [1.165, 1.54) is 31.4 Å². The van der Waals surface area contributed by atoms with E-state index >= 15 is 0 Å². The quantitative estimate of drug-likeness (QED) is 0.458. The first-order valence-electron chi connectivity index (χ1n) is 10.9. The molecule has 0 unspecified atom stereocenters. The molecule has 1 saturated heterocycles. The van der Waals surface area contributed by atoms with Crippen molar-refractivity contribution in [2.24, 2.45) is 0 Å². The molecule has 178 valence electrons. The summed E-state index contributed by atoms with van der Waals surface area (Å²) < 4.78 is 40.3. The molecule has 0 atom stereocenters. The van der Waals surface area contributed by atoms with Crippen molar-refractivity contribution in [1.82, 2.24) is 4.90 Å². The second kappa shape index (κ2) is 10.4.